The predicted octanol–water partition coefficient (Wildman–Crippen LogP) is -3.83. The maximum atomic E-state index is 12.7. The summed E-state index contributed by atoms with van der Waals surface area (Å²) in [7, 11) is 0. The van der Waals surface area contributed by atoms with Crippen molar-refractivity contribution in [2.45, 2.75) is 62.9 Å². The van der Waals surface area contributed by atoms with Gasteiger partial charge >= 0.3 is 5.97 Å². The lowest BCUT2D eigenvalue weighted by molar-refractivity contribution is -0.145. The lowest BCUT2D eigenvalue weighted by Crippen LogP contribution is -2.58. The van der Waals surface area contributed by atoms with Crippen molar-refractivity contribution in [2.24, 2.45) is 17.2 Å². The molecule has 0 fully saturated rings. The summed E-state index contributed by atoms with van der Waals surface area (Å²) in [6, 6.07) is -5.27. The molecule has 0 aromatic carbocycles. The molecule has 14 heteroatoms. The van der Waals surface area contributed by atoms with E-state index in [0.29, 0.717) is 19.4 Å². The number of nitrogens with two attached hydrogens (primary N) is 3. The van der Waals surface area contributed by atoms with Crippen LogP contribution in [-0.4, -0.2) is 82.4 Å². The number of nitrogens with one attached hydrogen (secondary N) is 3. The Kier molecular flexibility index (Phi) is 13.4. The van der Waals surface area contributed by atoms with Gasteiger partial charge in [-0.05, 0) is 32.7 Å². The fourth-order valence-corrected chi connectivity index (χ4v) is 2.61. The number of carboxylic acid groups (broad SMARTS) is 1. The number of aliphatic hydroxyl groups excluding tert-OH is 1. The first-order valence-corrected chi connectivity index (χ1v) is 10.2. The minimum absolute atomic E-state index is 0.0171. The zero-order valence-electron chi connectivity index (χ0n) is 17.2. The van der Waals surface area contributed by atoms with Gasteiger partial charge in [-0.15, -0.1) is 0 Å². The second-order valence-corrected chi connectivity index (χ2v) is 7.30. The van der Waals surface area contributed by atoms with Crippen LogP contribution in [0.5, 0.6) is 0 Å². The van der Waals surface area contributed by atoms with Crippen LogP contribution in [-0.2, 0) is 24.0 Å². The Balaban J connectivity index is 5.47. The van der Waals surface area contributed by atoms with E-state index in [2.05, 4.69) is 28.6 Å². The van der Waals surface area contributed by atoms with Crippen molar-refractivity contribution in [2.75, 3.05) is 12.3 Å². The summed E-state index contributed by atoms with van der Waals surface area (Å²) in [5, 5.41) is 25.5. The van der Waals surface area contributed by atoms with Crippen LogP contribution < -0.4 is 33.2 Å². The van der Waals surface area contributed by atoms with Crippen LogP contribution in [0.3, 0.4) is 0 Å². The average Bonchev–Trinajstić information content (AvgIpc) is 2.68. The van der Waals surface area contributed by atoms with Gasteiger partial charge in [0.2, 0.25) is 23.6 Å². The topological polar surface area (TPSA) is 240 Å². The Labute approximate surface area is 185 Å². The second kappa shape index (κ2) is 14.6. The van der Waals surface area contributed by atoms with Gasteiger partial charge < -0.3 is 43.4 Å². The first-order chi connectivity index (χ1) is 14.4. The van der Waals surface area contributed by atoms with E-state index in [4.69, 9.17) is 22.3 Å². The molecule has 0 aromatic rings. The molecule has 11 N–H and O–H groups in total. The first kappa shape index (κ1) is 28.6. The standard InChI is InChI=1S/C17H32N6O7S/c1-8(24)13(17(29)30)23-15(27)10(4-2-3-5-18)21-16(28)11(6-12(20)25)22-14(26)9(19)7-31/h8-11,13,24,31H,2-7,18-19H2,1H3,(H2,20,25)(H,21,28)(H,22,26)(H,23,27)(H,29,30). The number of carbonyl (C=O) groups is 5. The fourth-order valence-electron chi connectivity index (χ4n) is 2.45. The van der Waals surface area contributed by atoms with Crippen LogP contribution in [0.15, 0.2) is 0 Å². The Morgan fingerprint density at radius 3 is 1.97 bits per heavy atom. The minimum atomic E-state index is -1.60. The normalized spacial score (nSPS) is 15.6. The molecule has 178 valence electrons. The highest BCUT2D eigenvalue weighted by molar-refractivity contribution is 7.80. The van der Waals surface area contributed by atoms with E-state index >= 15 is 0 Å². The van der Waals surface area contributed by atoms with Crippen molar-refractivity contribution in [3.63, 3.8) is 0 Å². The highest BCUT2D eigenvalue weighted by Gasteiger charge is 2.32. The van der Waals surface area contributed by atoms with E-state index in [-0.39, 0.29) is 12.2 Å². The van der Waals surface area contributed by atoms with Gasteiger partial charge in [0.1, 0.15) is 12.1 Å². The molecule has 5 atom stereocenters. The molecule has 0 saturated heterocycles. The Morgan fingerprint density at radius 1 is 0.968 bits per heavy atom. The summed E-state index contributed by atoms with van der Waals surface area (Å²) in [6.07, 6.45) is -0.922. The molecule has 0 bridgehead atoms. The number of carboxylic acids is 1. The molecule has 5 unspecified atom stereocenters. The van der Waals surface area contributed by atoms with E-state index in [0.717, 1.165) is 0 Å². The number of hydrogen-bond donors (Lipinski definition) is 9. The summed E-state index contributed by atoms with van der Waals surface area (Å²) in [4.78, 5) is 59.8. The van der Waals surface area contributed by atoms with Crippen molar-refractivity contribution in [3.8, 4) is 0 Å². The van der Waals surface area contributed by atoms with Crippen molar-refractivity contribution in [1.29, 1.82) is 0 Å². The van der Waals surface area contributed by atoms with Crippen LogP contribution in [0, 0.1) is 0 Å². The number of aliphatic hydroxyl groups is 1. The molecular formula is C17H32N6O7S. The molecule has 0 aliphatic heterocycles. The molecule has 4 amide bonds. The number of rotatable bonds is 15. The molecule has 0 aromatic heterocycles. The van der Waals surface area contributed by atoms with Crippen LogP contribution in [0.2, 0.25) is 0 Å². The molecule has 13 nitrogen and oxygen atoms in total. The Hall–Kier alpha value is -2.42. The van der Waals surface area contributed by atoms with E-state index in [1.165, 1.54) is 6.92 Å². The monoisotopic (exact) mass is 464 g/mol. The van der Waals surface area contributed by atoms with Crippen molar-refractivity contribution in [3.05, 3.63) is 0 Å². The molecule has 0 rings (SSSR count). The van der Waals surface area contributed by atoms with Gasteiger partial charge in [0.05, 0.1) is 18.6 Å². The van der Waals surface area contributed by atoms with Gasteiger partial charge in [0, 0.05) is 5.75 Å². The van der Waals surface area contributed by atoms with Crippen LogP contribution in [0.25, 0.3) is 0 Å². The van der Waals surface area contributed by atoms with Crippen molar-refractivity contribution >= 4 is 42.2 Å². The van der Waals surface area contributed by atoms with Crippen LogP contribution in [0.4, 0.5) is 0 Å². The smallest absolute Gasteiger partial charge is 0.328 e. The lowest BCUT2D eigenvalue weighted by Gasteiger charge is -2.25. The second-order valence-electron chi connectivity index (χ2n) is 6.93. The third-order valence-corrected chi connectivity index (χ3v) is 4.59. The zero-order valence-corrected chi connectivity index (χ0v) is 18.1. The SMILES string of the molecule is CC(O)C(NC(=O)C(CCCCN)NC(=O)C(CC(N)=O)NC(=O)C(N)CS)C(=O)O. The number of thiol groups is 1. The Bertz CT molecular complexity index is 648. The largest absolute Gasteiger partial charge is 0.480 e. The Morgan fingerprint density at radius 2 is 1.52 bits per heavy atom. The summed E-state index contributed by atoms with van der Waals surface area (Å²) < 4.78 is 0. The molecular weight excluding hydrogens is 432 g/mol. The third kappa shape index (κ3) is 11.0. The first-order valence-electron chi connectivity index (χ1n) is 9.61. The number of amides is 4. The number of carbonyl (C=O) groups excluding carboxylic acids is 4. The number of primary amides is 1. The van der Waals surface area contributed by atoms with Gasteiger partial charge in [-0.1, -0.05) is 0 Å². The molecule has 0 aliphatic carbocycles. The maximum absolute atomic E-state index is 12.7. The van der Waals surface area contributed by atoms with E-state index in [9.17, 15) is 29.1 Å². The van der Waals surface area contributed by atoms with Crippen LogP contribution in [0.1, 0.15) is 32.6 Å². The quantitative estimate of drug-likeness (QED) is 0.0850. The van der Waals surface area contributed by atoms with Crippen LogP contribution >= 0.6 is 12.6 Å². The zero-order chi connectivity index (χ0) is 24.1. The molecule has 0 saturated carbocycles. The summed E-state index contributed by atoms with van der Waals surface area (Å²) in [5.74, 6) is -4.87. The maximum Gasteiger partial charge on any atom is 0.328 e. The number of unbranched alkanes of at least 4 members (excludes halogenated alkanes) is 1. The summed E-state index contributed by atoms with van der Waals surface area (Å²) in [6.45, 7) is 1.51. The minimum Gasteiger partial charge on any atom is -0.480 e. The van der Waals surface area contributed by atoms with Gasteiger partial charge in [-0.2, -0.15) is 12.6 Å². The van der Waals surface area contributed by atoms with Crippen molar-refractivity contribution in [1.82, 2.24) is 16.0 Å². The molecule has 0 radical (unpaired) electrons. The van der Waals surface area contributed by atoms with E-state index in [1.807, 2.05) is 0 Å². The highest BCUT2D eigenvalue weighted by atomic mass is 32.1. The molecule has 0 spiro atoms. The lowest BCUT2D eigenvalue weighted by atomic mass is 10.1. The molecule has 31 heavy (non-hydrogen) atoms. The summed E-state index contributed by atoms with van der Waals surface area (Å²) in [5.41, 5.74) is 16.1. The predicted molar refractivity (Wildman–Crippen MR) is 114 cm³/mol. The summed E-state index contributed by atoms with van der Waals surface area (Å²) >= 11 is 3.88. The van der Waals surface area contributed by atoms with Crippen molar-refractivity contribution < 1.29 is 34.2 Å². The van der Waals surface area contributed by atoms with E-state index in [1.54, 1.807) is 0 Å². The number of hydrogen-bond acceptors (Lipinski definition) is 9. The highest BCUT2D eigenvalue weighted by Crippen LogP contribution is 2.05. The van der Waals surface area contributed by atoms with Gasteiger partial charge in [0.15, 0.2) is 6.04 Å². The number of aliphatic carboxylic acids is 1. The van der Waals surface area contributed by atoms with Gasteiger partial charge in [-0.25, -0.2) is 4.79 Å². The molecule has 0 aliphatic rings. The van der Waals surface area contributed by atoms with E-state index < -0.39 is 66.3 Å². The fraction of sp³-hybridized carbons (Fsp3) is 0.706. The average molecular weight is 465 g/mol. The molecule has 0 heterocycles. The van der Waals surface area contributed by atoms with Gasteiger partial charge in [-0.3, -0.25) is 19.2 Å². The third-order valence-electron chi connectivity index (χ3n) is 4.20. The van der Waals surface area contributed by atoms with Gasteiger partial charge in [0.25, 0.3) is 0 Å².